The van der Waals surface area contributed by atoms with Crippen LogP contribution in [0.4, 0.5) is 0 Å². The summed E-state index contributed by atoms with van der Waals surface area (Å²) < 4.78 is 84.9. The van der Waals surface area contributed by atoms with Crippen molar-refractivity contribution in [3.8, 4) is 23.0 Å². The molecule has 0 bridgehead atoms. The predicted octanol–water partition coefficient (Wildman–Crippen LogP) is 4.76. The van der Waals surface area contributed by atoms with Crippen molar-refractivity contribution in [2.75, 3.05) is 39.6 Å². The zero-order chi connectivity index (χ0) is 31.3. The maximum atomic E-state index is 13.0. The molecule has 2 aliphatic rings. The molecular weight excluding hydrogens is 620 g/mol. The molecule has 2 fully saturated rings. The highest BCUT2D eigenvalue weighted by Crippen LogP contribution is 2.27. The lowest BCUT2D eigenvalue weighted by atomic mass is 10.3. The quantitative estimate of drug-likeness (QED) is 0.123. The standard InChI is InChI=1S/C33H32O10S2/c34-44(35,32-14-6-26(7-15-32)40-20-28-22-42-28)30-10-2-24(3-11-30)38-18-1-19-39-25-4-12-31(13-5-25)45(36,37)33-16-8-27(9-17-33)41-21-29-23-43-29/h2-17,28-29H,1,18-23H2. The Morgan fingerprint density at radius 1 is 0.467 bits per heavy atom. The van der Waals surface area contributed by atoms with E-state index in [2.05, 4.69) is 0 Å². The Hall–Kier alpha value is -4.10. The van der Waals surface area contributed by atoms with Crippen LogP contribution in [0.1, 0.15) is 6.42 Å². The summed E-state index contributed by atoms with van der Waals surface area (Å²) in [4.78, 5) is 0.671. The van der Waals surface area contributed by atoms with Gasteiger partial charge in [-0.25, -0.2) is 16.8 Å². The second-order valence-electron chi connectivity index (χ2n) is 10.5. The minimum absolute atomic E-state index is 0.122. The molecule has 2 unspecified atom stereocenters. The number of rotatable bonds is 16. The van der Waals surface area contributed by atoms with E-state index in [1.807, 2.05) is 0 Å². The summed E-state index contributed by atoms with van der Waals surface area (Å²) in [6, 6.07) is 25.1. The molecule has 6 rings (SSSR count). The molecule has 0 radical (unpaired) electrons. The normalized spacial score (nSPS) is 17.3. The van der Waals surface area contributed by atoms with Crippen LogP contribution in [-0.2, 0) is 29.1 Å². The molecule has 0 aliphatic carbocycles. The van der Waals surface area contributed by atoms with E-state index >= 15 is 0 Å². The van der Waals surface area contributed by atoms with Gasteiger partial charge in [0, 0.05) is 6.42 Å². The van der Waals surface area contributed by atoms with Gasteiger partial charge < -0.3 is 28.4 Å². The molecule has 0 spiro atoms. The fourth-order valence-corrected chi connectivity index (χ4v) is 6.80. The molecule has 2 heterocycles. The second-order valence-corrected chi connectivity index (χ2v) is 14.4. The van der Waals surface area contributed by atoms with E-state index in [1.54, 1.807) is 48.5 Å². The molecule has 0 N–H and O–H groups in total. The van der Waals surface area contributed by atoms with Crippen molar-refractivity contribution < 1.29 is 45.3 Å². The van der Waals surface area contributed by atoms with E-state index in [1.165, 1.54) is 48.5 Å². The smallest absolute Gasteiger partial charge is 0.206 e. The van der Waals surface area contributed by atoms with Crippen molar-refractivity contribution in [3.63, 3.8) is 0 Å². The van der Waals surface area contributed by atoms with Crippen molar-refractivity contribution >= 4 is 19.7 Å². The molecule has 0 aromatic heterocycles. The van der Waals surface area contributed by atoms with Crippen LogP contribution in [0.5, 0.6) is 23.0 Å². The van der Waals surface area contributed by atoms with E-state index in [0.29, 0.717) is 69.1 Å². The van der Waals surface area contributed by atoms with E-state index in [-0.39, 0.29) is 31.8 Å². The third-order valence-corrected chi connectivity index (χ3v) is 10.6. The molecule has 0 saturated carbocycles. The molecule has 2 atom stereocenters. The molecule has 0 amide bonds. The topological polar surface area (TPSA) is 130 Å². The Kier molecular flexibility index (Phi) is 9.27. The van der Waals surface area contributed by atoms with E-state index in [0.717, 1.165) is 0 Å². The van der Waals surface area contributed by atoms with Crippen molar-refractivity contribution in [2.24, 2.45) is 0 Å². The summed E-state index contributed by atoms with van der Waals surface area (Å²) in [5.41, 5.74) is 0. The van der Waals surface area contributed by atoms with E-state index < -0.39 is 19.7 Å². The summed E-state index contributed by atoms with van der Waals surface area (Å²) in [7, 11) is -7.37. The Labute approximate surface area is 262 Å². The Balaban J connectivity index is 0.935. The predicted molar refractivity (Wildman–Crippen MR) is 163 cm³/mol. The number of sulfone groups is 2. The lowest BCUT2D eigenvalue weighted by Gasteiger charge is -2.10. The average molecular weight is 653 g/mol. The van der Waals surface area contributed by atoms with Crippen LogP contribution in [0, 0.1) is 0 Å². The van der Waals surface area contributed by atoms with Gasteiger partial charge in [0.1, 0.15) is 48.4 Å². The molecular formula is C33H32O10S2. The monoisotopic (exact) mass is 652 g/mol. The first kappa shape index (κ1) is 30.9. The van der Waals surface area contributed by atoms with Crippen molar-refractivity contribution in [3.05, 3.63) is 97.1 Å². The van der Waals surface area contributed by atoms with Gasteiger partial charge in [-0.2, -0.15) is 0 Å². The van der Waals surface area contributed by atoms with Crippen molar-refractivity contribution in [2.45, 2.75) is 38.2 Å². The van der Waals surface area contributed by atoms with Gasteiger partial charge in [-0.15, -0.1) is 0 Å². The van der Waals surface area contributed by atoms with E-state index in [9.17, 15) is 16.8 Å². The van der Waals surface area contributed by atoms with Crippen LogP contribution in [0.25, 0.3) is 0 Å². The number of benzene rings is 4. The molecule has 2 aliphatic heterocycles. The number of ether oxygens (including phenoxy) is 6. The van der Waals surface area contributed by atoms with Gasteiger partial charge in [0.05, 0.1) is 46.0 Å². The third kappa shape index (κ3) is 8.14. The van der Waals surface area contributed by atoms with Crippen LogP contribution in [0.15, 0.2) is 117 Å². The molecule has 10 nitrogen and oxygen atoms in total. The highest BCUT2D eigenvalue weighted by Gasteiger charge is 2.24. The molecule has 236 valence electrons. The van der Waals surface area contributed by atoms with Gasteiger partial charge in [-0.3, -0.25) is 0 Å². The van der Waals surface area contributed by atoms with Crippen LogP contribution < -0.4 is 18.9 Å². The summed E-state index contributed by atoms with van der Waals surface area (Å²) in [6.07, 6.45) is 0.802. The lowest BCUT2D eigenvalue weighted by Crippen LogP contribution is -2.06. The highest BCUT2D eigenvalue weighted by molar-refractivity contribution is 7.91. The summed E-state index contributed by atoms with van der Waals surface area (Å²) >= 11 is 0. The SMILES string of the molecule is O=S(=O)(c1ccc(OCCCOc2ccc(S(=O)(=O)c3ccc(OCC4CO4)cc3)cc2)cc1)c1ccc(OCC2CO2)cc1. The van der Waals surface area contributed by atoms with Crippen LogP contribution in [0.3, 0.4) is 0 Å². The van der Waals surface area contributed by atoms with Crippen molar-refractivity contribution in [1.82, 2.24) is 0 Å². The lowest BCUT2D eigenvalue weighted by molar-refractivity contribution is 0.247. The highest BCUT2D eigenvalue weighted by atomic mass is 32.2. The fourth-order valence-electron chi connectivity index (χ4n) is 4.28. The maximum absolute atomic E-state index is 13.0. The van der Waals surface area contributed by atoms with Crippen LogP contribution in [0.2, 0.25) is 0 Å². The first-order valence-electron chi connectivity index (χ1n) is 14.4. The van der Waals surface area contributed by atoms with Crippen LogP contribution >= 0.6 is 0 Å². The second kappa shape index (κ2) is 13.5. The maximum Gasteiger partial charge on any atom is 0.206 e. The zero-order valence-electron chi connectivity index (χ0n) is 24.2. The Morgan fingerprint density at radius 3 is 1.00 bits per heavy atom. The minimum atomic E-state index is -3.69. The first-order valence-corrected chi connectivity index (χ1v) is 17.4. The first-order chi connectivity index (χ1) is 21.8. The zero-order valence-corrected chi connectivity index (χ0v) is 25.9. The molecule has 12 heteroatoms. The molecule has 4 aromatic carbocycles. The molecule has 45 heavy (non-hydrogen) atoms. The van der Waals surface area contributed by atoms with Gasteiger partial charge in [0.2, 0.25) is 19.7 Å². The largest absolute Gasteiger partial charge is 0.493 e. The van der Waals surface area contributed by atoms with Crippen LogP contribution in [-0.4, -0.2) is 68.7 Å². The van der Waals surface area contributed by atoms with Gasteiger partial charge in [0.15, 0.2) is 0 Å². The minimum Gasteiger partial charge on any atom is -0.493 e. The Morgan fingerprint density at radius 2 is 0.733 bits per heavy atom. The fraction of sp³-hybridized carbons (Fsp3) is 0.273. The number of epoxide rings is 2. The van der Waals surface area contributed by atoms with Gasteiger partial charge >= 0.3 is 0 Å². The molecule has 2 saturated heterocycles. The van der Waals surface area contributed by atoms with Gasteiger partial charge in [-0.1, -0.05) is 0 Å². The number of hydrogen-bond donors (Lipinski definition) is 0. The third-order valence-electron chi connectivity index (χ3n) is 7.04. The van der Waals surface area contributed by atoms with Gasteiger partial charge in [0.25, 0.3) is 0 Å². The summed E-state index contributed by atoms with van der Waals surface area (Å²) in [6.45, 7) is 2.97. The molecule has 4 aromatic rings. The van der Waals surface area contributed by atoms with E-state index in [4.69, 9.17) is 28.4 Å². The summed E-state index contributed by atoms with van der Waals surface area (Å²) in [5.74, 6) is 2.24. The summed E-state index contributed by atoms with van der Waals surface area (Å²) in [5, 5.41) is 0. The average Bonchev–Trinajstić information content (AvgIpc) is 4.00. The Bertz CT molecular complexity index is 1640. The number of hydrogen-bond acceptors (Lipinski definition) is 10. The van der Waals surface area contributed by atoms with Crippen molar-refractivity contribution in [1.29, 1.82) is 0 Å². The van der Waals surface area contributed by atoms with Gasteiger partial charge in [-0.05, 0) is 97.1 Å².